The molecule has 2 aromatic carbocycles. The van der Waals surface area contributed by atoms with E-state index in [-0.39, 0.29) is 17.9 Å². The number of carbonyl (C=O) groups excluding carboxylic acids is 1. The van der Waals surface area contributed by atoms with Crippen molar-refractivity contribution in [3.63, 3.8) is 0 Å². The third-order valence-electron chi connectivity index (χ3n) is 3.29. The Labute approximate surface area is 120 Å². The van der Waals surface area contributed by atoms with Gasteiger partial charge in [0.05, 0.1) is 5.52 Å². The maximum atomic E-state index is 13.7. The Kier molecular flexibility index (Phi) is 3.39. The number of hydrogen-bond acceptors (Lipinski definition) is 3. The van der Waals surface area contributed by atoms with Gasteiger partial charge in [0.1, 0.15) is 18.6 Å². The van der Waals surface area contributed by atoms with Gasteiger partial charge in [-0.25, -0.2) is 4.39 Å². The molecular weight excluding hydrogens is 271 g/mol. The monoisotopic (exact) mass is 284 g/mol. The number of hydrogen-bond donors (Lipinski definition) is 0. The molecule has 0 aliphatic rings. The Hall–Kier alpha value is -2.69. The minimum Gasteiger partial charge on any atom is -0.484 e. The molecule has 0 aliphatic heterocycles. The first-order chi connectivity index (χ1) is 10.2. The van der Waals surface area contributed by atoms with E-state index < -0.39 is 5.82 Å². The van der Waals surface area contributed by atoms with Crippen LogP contribution < -0.4 is 4.74 Å². The average Bonchev–Trinajstić information content (AvgIpc) is 2.83. The number of aryl methyl sites for hydroxylation is 1. The SMILES string of the molecule is Cn1nc(COc2ccc(C=O)cc2F)c2ccccc21. The van der Waals surface area contributed by atoms with Gasteiger partial charge in [-0.3, -0.25) is 9.48 Å². The molecule has 0 fully saturated rings. The summed E-state index contributed by atoms with van der Waals surface area (Å²) in [5, 5.41) is 5.36. The van der Waals surface area contributed by atoms with Crippen molar-refractivity contribution in [2.24, 2.45) is 7.05 Å². The number of rotatable bonds is 4. The smallest absolute Gasteiger partial charge is 0.165 e. The van der Waals surface area contributed by atoms with Gasteiger partial charge in [0, 0.05) is 18.0 Å². The van der Waals surface area contributed by atoms with Gasteiger partial charge in [0.2, 0.25) is 0 Å². The maximum Gasteiger partial charge on any atom is 0.165 e. The van der Waals surface area contributed by atoms with Gasteiger partial charge in [-0.1, -0.05) is 18.2 Å². The van der Waals surface area contributed by atoms with E-state index in [1.165, 1.54) is 12.1 Å². The second kappa shape index (κ2) is 5.36. The van der Waals surface area contributed by atoms with E-state index in [1.807, 2.05) is 31.3 Å². The third-order valence-corrected chi connectivity index (χ3v) is 3.29. The Morgan fingerprint density at radius 2 is 2.10 bits per heavy atom. The van der Waals surface area contributed by atoms with Crippen LogP contribution in [0.2, 0.25) is 0 Å². The van der Waals surface area contributed by atoms with Crippen LogP contribution in [0.5, 0.6) is 5.75 Å². The number of nitrogens with zero attached hydrogens (tertiary/aromatic N) is 2. The normalized spacial score (nSPS) is 10.8. The Morgan fingerprint density at radius 1 is 1.29 bits per heavy atom. The molecule has 0 atom stereocenters. The number of benzene rings is 2. The zero-order chi connectivity index (χ0) is 14.8. The highest BCUT2D eigenvalue weighted by Gasteiger charge is 2.10. The zero-order valence-corrected chi connectivity index (χ0v) is 11.4. The van der Waals surface area contributed by atoms with E-state index in [2.05, 4.69) is 5.10 Å². The molecule has 21 heavy (non-hydrogen) atoms. The molecule has 1 aromatic heterocycles. The summed E-state index contributed by atoms with van der Waals surface area (Å²) in [6.45, 7) is 0.165. The molecule has 4 nitrogen and oxygen atoms in total. The number of halogens is 1. The highest BCUT2D eigenvalue weighted by atomic mass is 19.1. The van der Waals surface area contributed by atoms with Crippen LogP contribution in [-0.2, 0) is 13.7 Å². The van der Waals surface area contributed by atoms with Crippen molar-refractivity contribution in [2.45, 2.75) is 6.61 Å². The van der Waals surface area contributed by atoms with Crippen LogP contribution in [0, 0.1) is 5.82 Å². The van der Waals surface area contributed by atoms with Crippen LogP contribution in [0.15, 0.2) is 42.5 Å². The van der Waals surface area contributed by atoms with Crippen molar-refractivity contribution in [3.05, 3.63) is 59.5 Å². The molecule has 0 N–H and O–H groups in total. The molecule has 0 saturated carbocycles. The molecule has 0 aliphatic carbocycles. The van der Waals surface area contributed by atoms with Crippen LogP contribution in [0.3, 0.4) is 0 Å². The van der Waals surface area contributed by atoms with Gasteiger partial charge in [0.25, 0.3) is 0 Å². The summed E-state index contributed by atoms with van der Waals surface area (Å²) in [6, 6.07) is 11.9. The van der Waals surface area contributed by atoms with E-state index in [0.29, 0.717) is 6.29 Å². The van der Waals surface area contributed by atoms with Crippen LogP contribution in [0.1, 0.15) is 16.1 Å². The number of aromatic nitrogens is 2. The molecule has 5 heteroatoms. The Balaban J connectivity index is 1.85. The fraction of sp³-hybridized carbons (Fsp3) is 0.125. The molecule has 0 spiro atoms. The van der Waals surface area contributed by atoms with Gasteiger partial charge in [0.15, 0.2) is 11.6 Å². The summed E-state index contributed by atoms with van der Waals surface area (Å²) in [6.07, 6.45) is 0.596. The molecule has 3 aromatic rings. The lowest BCUT2D eigenvalue weighted by molar-refractivity contribution is 0.112. The molecule has 1 heterocycles. The van der Waals surface area contributed by atoms with E-state index in [4.69, 9.17) is 4.74 Å². The van der Waals surface area contributed by atoms with Crippen molar-refractivity contribution in [1.82, 2.24) is 9.78 Å². The number of carbonyl (C=O) groups is 1. The number of aldehydes is 1. The van der Waals surface area contributed by atoms with E-state index >= 15 is 0 Å². The minimum atomic E-state index is -0.556. The first-order valence-electron chi connectivity index (χ1n) is 6.47. The van der Waals surface area contributed by atoms with Crippen LogP contribution in [-0.4, -0.2) is 16.1 Å². The lowest BCUT2D eigenvalue weighted by Gasteiger charge is -2.06. The fourth-order valence-corrected chi connectivity index (χ4v) is 2.25. The summed E-state index contributed by atoms with van der Waals surface area (Å²) in [7, 11) is 1.85. The number of ether oxygens (including phenoxy) is 1. The molecule has 0 amide bonds. The maximum absolute atomic E-state index is 13.7. The molecule has 0 saturated heterocycles. The molecule has 3 rings (SSSR count). The largest absolute Gasteiger partial charge is 0.484 e. The molecule has 106 valence electrons. The average molecular weight is 284 g/mol. The van der Waals surface area contributed by atoms with Gasteiger partial charge < -0.3 is 4.74 Å². The predicted molar refractivity (Wildman–Crippen MR) is 76.8 cm³/mol. The lowest BCUT2D eigenvalue weighted by Crippen LogP contribution is -2.00. The quantitative estimate of drug-likeness (QED) is 0.691. The predicted octanol–water partition coefficient (Wildman–Crippen LogP) is 3.10. The summed E-state index contributed by atoms with van der Waals surface area (Å²) < 4.78 is 21.0. The Bertz CT molecular complexity index is 811. The summed E-state index contributed by atoms with van der Waals surface area (Å²) in [4.78, 5) is 10.6. The second-order valence-electron chi connectivity index (χ2n) is 4.68. The van der Waals surface area contributed by atoms with E-state index in [0.717, 1.165) is 22.7 Å². The summed E-state index contributed by atoms with van der Waals surface area (Å²) in [5.41, 5.74) is 2.02. The standard InChI is InChI=1S/C16H13FN2O2/c1-19-15-5-3-2-4-12(15)14(18-19)10-21-16-7-6-11(9-20)8-13(16)17/h2-9H,10H2,1H3. The fourth-order valence-electron chi connectivity index (χ4n) is 2.25. The van der Waals surface area contributed by atoms with E-state index in [1.54, 1.807) is 4.68 Å². The van der Waals surface area contributed by atoms with Gasteiger partial charge in [-0.15, -0.1) is 0 Å². The lowest BCUT2D eigenvalue weighted by atomic mass is 10.2. The van der Waals surface area contributed by atoms with Crippen LogP contribution in [0.25, 0.3) is 10.9 Å². The third kappa shape index (κ3) is 2.50. The molecular formula is C16H13FN2O2. The first kappa shape index (κ1) is 13.3. The summed E-state index contributed by atoms with van der Waals surface area (Å²) >= 11 is 0. The highest BCUT2D eigenvalue weighted by molar-refractivity contribution is 5.81. The first-order valence-corrected chi connectivity index (χ1v) is 6.47. The zero-order valence-electron chi connectivity index (χ0n) is 11.4. The van der Waals surface area contributed by atoms with Crippen LogP contribution in [0.4, 0.5) is 4.39 Å². The molecule has 0 unspecified atom stereocenters. The minimum absolute atomic E-state index is 0.107. The van der Waals surface area contributed by atoms with Gasteiger partial charge >= 0.3 is 0 Å². The topological polar surface area (TPSA) is 44.1 Å². The van der Waals surface area contributed by atoms with E-state index in [9.17, 15) is 9.18 Å². The van der Waals surface area contributed by atoms with Crippen LogP contribution >= 0.6 is 0 Å². The summed E-state index contributed by atoms with van der Waals surface area (Å²) in [5.74, 6) is -0.449. The number of fused-ring (bicyclic) bond motifs is 1. The van der Waals surface area contributed by atoms with Gasteiger partial charge in [-0.2, -0.15) is 5.10 Å². The highest BCUT2D eigenvalue weighted by Crippen LogP contribution is 2.22. The van der Waals surface area contributed by atoms with Crippen molar-refractivity contribution in [1.29, 1.82) is 0 Å². The van der Waals surface area contributed by atoms with Crippen molar-refractivity contribution in [2.75, 3.05) is 0 Å². The van der Waals surface area contributed by atoms with Gasteiger partial charge in [-0.05, 0) is 24.3 Å². The molecule has 0 radical (unpaired) electrons. The Morgan fingerprint density at radius 3 is 2.86 bits per heavy atom. The molecule has 0 bridgehead atoms. The van der Waals surface area contributed by atoms with Crippen molar-refractivity contribution in [3.8, 4) is 5.75 Å². The van der Waals surface area contributed by atoms with Crippen molar-refractivity contribution >= 4 is 17.2 Å². The number of para-hydroxylation sites is 1. The van der Waals surface area contributed by atoms with Crippen molar-refractivity contribution < 1.29 is 13.9 Å². The second-order valence-corrected chi connectivity index (χ2v) is 4.68.